The molecule has 5 heteroatoms. The molecule has 0 aliphatic carbocycles. The Bertz CT molecular complexity index is 433. The smallest absolute Gasteiger partial charge is 0.354 e. The molecule has 1 N–H and O–H groups in total. The lowest BCUT2D eigenvalue weighted by atomic mass is 10.1. The first-order valence-electron chi connectivity index (χ1n) is 6.93. The molecule has 0 saturated heterocycles. The highest BCUT2D eigenvalue weighted by Gasteiger charge is 2.11. The molecule has 0 unspecified atom stereocenters. The van der Waals surface area contributed by atoms with E-state index in [1.165, 1.54) is 0 Å². The lowest BCUT2D eigenvalue weighted by molar-refractivity contribution is 0.0690. The Morgan fingerprint density at radius 1 is 1.35 bits per heavy atom. The van der Waals surface area contributed by atoms with Crippen LogP contribution in [0.3, 0.4) is 0 Å². The van der Waals surface area contributed by atoms with E-state index in [-0.39, 0.29) is 5.69 Å². The Balaban J connectivity index is 2.72. The van der Waals surface area contributed by atoms with Gasteiger partial charge >= 0.3 is 5.97 Å². The van der Waals surface area contributed by atoms with Crippen LogP contribution in [0.15, 0.2) is 18.3 Å². The molecule has 5 nitrogen and oxygen atoms in total. The van der Waals surface area contributed by atoms with E-state index in [2.05, 4.69) is 42.7 Å². The number of rotatable bonds is 8. The standard InChI is InChI=1S/C15H25N3O2/c1-12(2)10-18(8-7-17(3)4)11-13-5-6-16-14(9-13)15(19)20/h5-6,9,12H,7-8,10-11H2,1-4H3,(H,19,20). The van der Waals surface area contributed by atoms with E-state index >= 15 is 0 Å². The predicted octanol–water partition coefficient (Wildman–Crippen LogP) is 1.80. The van der Waals surface area contributed by atoms with Crippen molar-refractivity contribution in [2.75, 3.05) is 33.7 Å². The Morgan fingerprint density at radius 2 is 2.05 bits per heavy atom. The molecule has 0 bridgehead atoms. The quantitative estimate of drug-likeness (QED) is 0.786. The Labute approximate surface area is 121 Å². The molecule has 0 saturated carbocycles. The third-order valence-electron chi connectivity index (χ3n) is 2.94. The summed E-state index contributed by atoms with van der Waals surface area (Å²) in [5.41, 5.74) is 1.11. The van der Waals surface area contributed by atoms with Gasteiger partial charge in [-0.1, -0.05) is 13.8 Å². The second-order valence-electron chi connectivity index (χ2n) is 5.79. The van der Waals surface area contributed by atoms with E-state index in [9.17, 15) is 4.79 Å². The summed E-state index contributed by atoms with van der Waals surface area (Å²) >= 11 is 0. The lowest BCUT2D eigenvalue weighted by Gasteiger charge is -2.26. The van der Waals surface area contributed by atoms with Gasteiger partial charge in [0.15, 0.2) is 0 Å². The van der Waals surface area contributed by atoms with Gasteiger partial charge in [0.1, 0.15) is 5.69 Å². The Hall–Kier alpha value is -1.46. The first-order chi connectivity index (χ1) is 9.38. The molecule has 112 valence electrons. The highest BCUT2D eigenvalue weighted by atomic mass is 16.4. The number of pyridine rings is 1. The average molecular weight is 279 g/mol. The second-order valence-corrected chi connectivity index (χ2v) is 5.79. The summed E-state index contributed by atoms with van der Waals surface area (Å²) in [6.07, 6.45) is 1.57. The maximum atomic E-state index is 10.9. The van der Waals surface area contributed by atoms with Crippen LogP contribution in [0.5, 0.6) is 0 Å². The molecular formula is C15H25N3O2. The number of nitrogens with zero attached hydrogens (tertiary/aromatic N) is 3. The molecular weight excluding hydrogens is 254 g/mol. The van der Waals surface area contributed by atoms with Crippen molar-refractivity contribution in [1.29, 1.82) is 0 Å². The van der Waals surface area contributed by atoms with Gasteiger partial charge in [0, 0.05) is 32.4 Å². The first kappa shape index (κ1) is 16.6. The van der Waals surface area contributed by atoms with Crippen LogP contribution < -0.4 is 0 Å². The fourth-order valence-electron chi connectivity index (χ4n) is 2.04. The summed E-state index contributed by atoms with van der Waals surface area (Å²) in [4.78, 5) is 19.3. The molecule has 0 amide bonds. The van der Waals surface area contributed by atoms with Gasteiger partial charge in [-0.05, 0) is 37.7 Å². The number of hydrogen-bond acceptors (Lipinski definition) is 4. The zero-order valence-corrected chi connectivity index (χ0v) is 12.8. The van der Waals surface area contributed by atoms with Crippen LogP contribution in [0.2, 0.25) is 0 Å². The second kappa shape index (κ2) is 7.97. The molecule has 1 aromatic heterocycles. The van der Waals surface area contributed by atoms with Gasteiger partial charge in [-0.2, -0.15) is 0 Å². The minimum absolute atomic E-state index is 0.111. The van der Waals surface area contributed by atoms with Gasteiger partial charge in [-0.15, -0.1) is 0 Å². The summed E-state index contributed by atoms with van der Waals surface area (Å²) < 4.78 is 0. The number of carboxylic acids is 1. The molecule has 0 spiro atoms. The van der Waals surface area contributed by atoms with Crippen molar-refractivity contribution in [2.45, 2.75) is 20.4 Å². The monoisotopic (exact) mass is 279 g/mol. The summed E-state index contributed by atoms with van der Waals surface area (Å²) in [7, 11) is 4.12. The van der Waals surface area contributed by atoms with E-state index in [1.807, 2.05) is 6.07 Å². The molecule has 0 atom stereocenters. The van der Waals surface area contributed by atoms with Gasteiger partial charge in [-0.3, -0.25) is 4.90 Å². The number of likely N-dealkylation sites (N-methyl/N-ethyl adjacent to an activating group) is 1. The number of carboxylic acid groups (broad SMARTS) is 1. The summed E-state index contributed by atoms with van der Waals surface area (Å²) in [6, 6.07) is 3.54. The number of carbonyl (C=O) groups is 1. The van der Waals surface area contributed by atoms with Crippen LogP contribution in [0.25, 0.3) is 0 Å². The minimum atomic E-state index is -0.976. The van der Waals surface area contributed by atoms with Crippen molar-refractivity contribution in [2.24, 2.45) is 5.92 Å². The number of hydrogen-bond donors (Lipinski definition) is 1. The van der Waals surface area contributed by atoms with Crippen molar-refractivity contribution in [1.82, 2.24) is 14.8 Å². The molecule has 1 rings (SSSR count). The molecule has 0 aliphatic heterocycles. The van der Waals surface area contributed by atoms with Crippen LogP contribution in [-0.2, 0) is 6.54 Å². The maximum Gasteiger partial charge on any atom is 0.354 e. The zero-order chi connectivity index (χ0) is 15.1. The lowest BCUT2D eigenvalue weighted by Crippen LogP contribution is -2.34. The van der Waals surface area contributed by atoms with Gasteiger partial charge in [0.25, 0.3) is 0 Å². The van der Waals surface area contributed by atoms with E-state index in [0.717, 1.165) is 31.7 Å². The van der Waals surface area contributed by atoms with E-state index < -0.39 is 5.97 Å². The summed E-state index contributed by atoms with van der Waals surface area (Å²) in [5.74, 6) is -0.395. The average Bonchev–Trinajstić information content (AvgIpc) is 2.35. The van der Waals surface area contributed by atoms with Gasteiger partial charge < -0.3 is 10.0 Å². The fourth-order valence-corrected chi connectivity index (χ4v) is 2.04. The van der Waals surface area contributed by atoms with Crippen LogP contribution in [0.1, 0.15) is 29.9 Å². The highest BCUT2D eigenvalue weighted by molar-refractivity contribution is 5.85. The normalized spacial score (nSPS) is 11.6. The Kier molecular flexibility index (Phi) is 6.61. The van der Waals surface area contributed by atoms with Gasteiger partial charge in [-0.25, -0.2) is 9.78 Å². The molecule has 0 aromatic carbocycles. The fraction of sp³-hybridized carbons (Fsp3) is 0.600. The molecule has 0 aliphatic rings. The maximum absolute atomic E-state index is 10.9. The third kappa shape index (κ3) is 6.12. The topological polar surface area (TPSA) is 56.7 Å². The van der Waals surface area contributed by atoms with Crippen molar-refractivity contribution >= 4 is 5.97 Å². The van der Waals surface area contributed by atoms with Gasteiger partial charge in [0.05, 0.1) is 0 Å². The van der Waals surface area contributed by atoms with E-state index in [0.29, 0.717) is 5.92 Å². The summed E-state index contributed by atoms with van der Waals surface area (Å²) in [6.45, 7) is 8.10. The molecule has 20 heavy (non-hydrogen) atoms. The SMILES string of the molecule is CC(C)CN(CCN(C)C)Cc1ccnc(C(=O)O)c1. The highest BCUT2D eigenvalue weighted by Crippen LogP contribution is 2.08. The molecule has 0 radical (unpaired) electrons. The molecule has 0 fully saturated rings. The van der Waals surface area contributed by atoms with Crippen molar-refractivity contribution < 1.29 is 9.90 Å². The van der Waals surface area contributed by atoms with Crippen molar-refractivity contribution in [3.63, 3.8) is 0 Å². The first-order valence-corrected chi connectivity index (χ1v) is 6.93. The molecule has 1 heterocycles. The van der Waals surface area contributed by atoms with E-state index in [4.69, 9.17) is 5.11 Å². The predicted molar refractivity (Wildman–Crippen MR) is 79.9 cm³/mol. The zero-order valence-electron chi connectivity index (χ0n) is 12.8. The largest absolute Gasteiger partial charge is 0.477 e. The minimum Gasteiger partial charge on any atom is -0.477 e. The van der Waals surface area contributed by atoms with Crippen molar-refractivity contribution in [3.05, 3.63) is 29.6 Å². The molecule has 1 aromatic rings. The van der Waals surface area contributed by atoms with Crippen LogP contribution in [0.4, 0.5) is 0 Å². The number of aromatic nitrogens is 1. The van der Waals surface area contributed by atoms with E-state index in [1.54, 1.807) is 12.3 Å². The Morgan fingerprint density at radius 3 is 2.60 bits per heavy atom. The van der Waals surface area contributed by atoms with Crippen LogP contribution >= 0.6 is 0 Å². The van der Waals surface area contributed by atoms with Crippen LogP contribution in [-0.4, -0.2) is 59.6 Å². The van der Waals surface area contributed by atoms with Crippen LogP contribution in [0, 0.1) is 5.92 Å². The number of aromatic carboxylic acids is 1. The third-order valence-corrected chi connectivity index (χ3v) is 2.94. The summed E-state index contributed by atoms with van der Waals surface area (Å²) in [5, 5.41) is 8.98. The van der Waals surface area contributed by atoms with Gasteiger partial charge in [0.2, 0.25) is 0 Å². The van der Waals surface area contributed by atoms with Crippen molar-refractivity contribution in [3.8, 4) is 0 Å².